The van der Waals surface area contributed by atoms with Gasteiger partial charge in [-0.3, -0.25) is 0 Å². The zero-order chi connectivity index (χ0) is 6.53. The molecular weight excluding hydrogens is 130 g/mol. The molecule has 9 heavy (non-hydrogen) atoms. The van der Waals surface area contributed by atoms with E-state index in [-0.39, 0.29) is 0 Å². The molecule has 50 valence electrons. The van der Waals surface area contributed by atoms with Crippen LogP contribution in [0, 0.1) is 0 Å². The summed E-state index contributed by atoms with van der Waals surface area (Å²) in [6.45, 7) is 2.42. The molecule has 0 saturated carbocycles. The number of rotatable bonds is 2. The molecule has 0 N–H and O–H groups in total. The maximum atomic E-state index is 4.65. The zero-order valence-electron chi connectivity index (χ0n) is 5.42. The highest BCUT2D eigenvalue weighted by atomic mass is 32.1. The Balaban J connectivity index is 2.25. The van der Waals surface area contributed by atoms with Gasteiger partial charge in [0.1, 0.15) is 0 Å². The summed E-state index contributed by atoms with van der Waals surface area (Å²) < 4.78 is 0. The topological polar surface area (TPSA) is 3.24 Å². The Kier molecular flexibility index (Phi) is 2.71. The summed E-state index contributed by atoms with van der Waals surface area (Å²) in [5.74, 6) is 0. The van der Waals surface area contributed by atoms with Crippen molar-refractivity contribution in [1.29, 1.82) is 0 Å². The van der Waals surface area contributed by atoms with Gasteiger partial charge in [0.05, 0.1) is 0 Å². The zero-order valence-corrected chi connectivity index (χ0v) is 6.23. The van der Waals surface area contributed by atoms with E-state index in [0.717, 1.165) is 0 Å². The van der Waals surface area contributed by atoms with Gasteiger partial charge in [0.2, 0.25) is 0 Å². The highest BCUT2D eigenvalue weighted by Gasteiger charge is 2.04. The summed E-state index contributed by atoms with van der Waals surface area (Å²) >= 11 is 4.65. The van der Waals surface area contributed by atoms with Crippen LogP contribution in [-0.4, -0.2) is 23.4 Å². The van der Waals surface area contributed by atoms with Gasteiger partial charge in [0.25, 0.3) is 0 Å². The summed E-state index contributed by atoms with van der Waals surface area (Å²) in [7, 11) is 0. The molecule has 0 spiro atoms. The fourth-order valence-electron chi connectivity index (χ4n) is 1.05. The summed E-state index contributed by atoms with van der Waals surface area (Å²) in [6.07, 6.45) is 6.66. The molecule has 0 radical (unpaired) electrons. The van der Waals surface area contributed by atoms with Crippen LogP contribution in [0.15, 0.2) is 12.3 Å². The Morgan fingerprint density at radius 1 is 1.22 bits per heavy atom. The molecule has 2 heteroatoms. The van der Waals surface area contributed by atoms with Crippen molar-refractivity contribution < 1.29 is 0 Å². The summed E-state index contributed by atoms with van der Waals surface area (Å²) in [4.78, 5) is 2.29. The summed E-state index contributed by atoms with van der Waals surface area (Å²) in [6, 6.07) is 0. The quantitative estimate of drug-likeness (QED) is 0.424. The average molecular weight is 141 g/mol. The number of nitrogens with zero attached hydrogens (tertiary/aromatic N) is 1. The number of hydrogen-bond donors (Lipinski definition) is 0. The molecule has 1 rings (SSSR count). The maximum Gasteiger partial charge on any atom is 0.0173 e. The van der Waals surface area contributed by atoms with Gasteiger partial charge in [-0.15, -0.1) is 0 Å². The van der Waals surface area contributed by atoms with Crippen LogP contribution in [0.1, 0.15) is 12.8 Å². The van der Waals surface area contributed by atoms with Crippen molar-refractivity contribution in [3.8, 4) is 0 Å². The molecule has 0 aromatic heterocycles. The first-order valence-corrected chi connectivity index (χ1v) is 3.76. The molecular formula is C7H11NS. The third-order valence-electron chi connectivity index (χ3n) is 1.52. The Labute approximate surface area is 61.4 Å². The first kappa shape index (κ1) is 6.75. The predicted molar refractivity (Wildman–Crippen MR) is 43.6 cm³/mol. The van der Waals surface area contributed by atoms with Crippen molar-refractivity contribution in [2.75, 3.05) is 13.1 Å². The van der Waals surface area contributed by atoms with Crippen LogP contribution >= 0.6 is 12.2 Å². The molecule has 0 aromatic carbocycles. The SMILES string of the molecule is S=CC=CN1CCCC1. The molecule has 0 aromatic rings. The van der Waals surface area contributed by atoms with Crippen molar-refractivity contribution >= 4 is 17.6 Å². The van der Waals surface area contributed by atoms with E-state index in [2.05, 4.69) is 23.3 Å². The fraction of sp³-hybridized carbons (Fsp3) is 0.571. The van der Waals surface area contributed by atoms with Crippen LogP contribution in [-0.2, 0) is 0 Å². The van der Waals surface area contributed by atoms with E-state index >= 15 is 0 Å². The maximum absolute atomic E-state index is 4.65. The molecule has 0 atom stereocenters. The predicted octanol–water partition coefficient (Wildman–Crippen LogP) is 1.60. The minimum absolute atomic E-state index is 1.21. The lowest BCUT2D eigenvalue weighted by molar-refractivity contribution is 0.469. The van der Waals surface area contributed by atoms with Crippen LogP contribution < -0.4 is 0 Å². The van der Waals surface area contributed by atoms with Crippen LogP contribution in [0.2, 0.25) is 0 Å². The second-order valence-electron chi connectivity index (χ2n) is 2.22. The molecule has 1 fully saturated rings. The molecule has 1 aliphatic heterocycles. The van der Waals surface area contributed by atoms with E-state index in [4.69, 9.17) is 0 Å². The number of thiocarbonyl (C=S) groups is 1. The normalized spacial score (nSPS) is 19.3. The van der Waals surface area contributed by atoms with Crippen LogP contribution in [0.4, 0.5) is 0 Å². The minimum atomic E-state index is 1.21. The number of allylic oxidation sites excluding steroid dienone is 1. The molecule has 0 unspecified atom stereocenters. The molecule has 1 heterocycles. The van der Waals surface area contributed by atoms with Crippen molar-refractivity contribution in [1.82, 2.24) is 4.90 Å². The van der Waals surface area contributed by atoms with Crippen LogP contribution in [0.25, 0.3) is 0 Å². The monoisotopic (exact) mass is 141 g/mol. The van der Waals surface area contributed by atoms with E-state index in [1.165, 1.54) is 25.9 Å². The van der Waals surface area contributed by atoms with E-state index in [1.54, 1.807) is 5.37 Å². The van der Waals surface area contributed by atoms with Crippen molar-refractivity contribution in [2.24, 2.45) is 0 Å². The first-order valence-electron chi connectivity index (χ1n) is 3.29. The average Bonchev–Trinajstić information content (AvgIpc) is 2.34. The van der Waals surface area contributed by atoms with Crippen LogP contribution in [0.5, 0.6) is 0 Å². The van der Waals surface area contributed by atoms with Gasteiger partial charge in [0, 0.05) is 18.5 Å². The Bertz CT molecular complexity index is 114. The third-order valence-corrected chi connectivity index (χ3v) is 1.67. The third kappa shape index (κ3) is 2.14. The van der Waals surface area contributed by atoms with Gasteiger partial charge < -0.3 is 4.90 Å². The Morgan fingerprint density at radius 3 is 2.44 bits per heavy atom. The second kappa shape index (κ2) is 3.62. The molecule has 1 saturated heterocycles. The van der Waals surface area contributed by atoms with E-state index < -0.39 is 0 Å². The van der Waals surface area contributed by atoms with Gasteiger partial charge in [-0.1, -0.05) is 12.2 Å². The minimum Gasteiger partial charge on any atom is -0.377 e. The molecule has 0 aliphatic carbocycles. The lowest BCUT2D eigenvalue weighted by Crippen LogP contribution is -2.09. The second-order valence-corrected chi connectivity index (χ2v) is 2.49. The highest BCUT2D eigenvalue weighted by molar-refractivity contribution is 7.79. The van der Waals surface area contributed by atoms with Gasteiger partial charge in [-0.25, -0.2) is 0 Å². The molecule has 0 bridgehead atoms. The van der Waals surface area contributed by atoms with E-state index in [0.29, 0.717) is 0 Å². The Morgan fingerprint density at radius 2 is 1.89 bits per heavy atom. The van der Waals surface area contributed by atoms with Gasteiger partial charge in [-0.05, 0) is 25.1 Å². The van der Waals surface area contributed by atoms with Crippen molar-refractivity contribution in [3.05, 3.63) is 12.3 Å². The van der Waals surface area contributed by atoms with Crippen molar-refractivity contribution in [3.63, 3.8) is 0 Å². The summed E-state index contributed by atoms with van der Waals surface area (Å²) in [5.41, 5.74) is 0. The van der Waals surface area contributed by atoms with Gasteiger partial charge >= 0.3 is 0 Å². The Hall–Kier alpha value is -0.370. The molecule has 0 amide bonds. The standard InChI is InChI=1S/C7H11NS/c9-7-3-6-8-4-1-2-5-8/h3,6-7H,1-2,4-5H2. The van der Waals surface area contributed by atoms with Gasteiger partial charge in [0.15, 0.2) is 0 Å². The van der Waals surface area contributed by atoms with Crippen LogP contribution in [0.3, 0.4) is 0 Å². The lowest BCUT2D eigenvalue weighted by atomic mass is 10.4. The summed E-state index contributed by atoms with van der Waals surface area (Å²) in [5, 5.41) is 1.65. The number of hydrogen-bond acceptors (Lipinski definition) is 2. The smallest absolute Gasteiger partial charge is 0.0173 e. The number of likely N-dealkylation sites (tertiary alicyclic amines) is 1. The largest absolute Gasteiger partial charge is 0.377 e. The van der Waals surface area contributed by atoms with Crippen molar-refractivity contribution in [2.45, 2.75) is 12.8 Å². The van der Waals surface area contributed by atoms with E-state index in [1.807, 2.05) is 6.08 Å². The molecule has 1 aliphatic rings. The first-order chi connectivity index (χ1) is 4.43. The highest BCUT2D eigenvalue weighted by Crippen LogP contribution is 2.06. The fourth-order valence-corrected chi connectivity index (χ4v) is 1.12. The lowest BCUT2D eigenvalue weighted by Gasteiger charge is -2.08. The van der Waals surface area contributed by atoms with E-state index in [9.17, 15) is 0 Å². The van der Waals surface area contributed by atoms with Gasteiger partial charge in [-0.2, -0.15) is 0 Å². The molecule has 1 nitrogen and oxygen atoms in total.